The average molecular weight is 242 g/mol. The van der Waals surface area contributed by atoms with E-state index < -0.39 is 0 Å². The number of unbranched alkanes of at least 4 members (excludes halogenated alkanes) is 1. The lowest BCUT2D eigenvalue weighted by molar-refractivity contribution is 0.778. The van der Waals surface area contributed by atoms with E-state index in [1.54, 1.807) is 12.4 Å². The Labute approximate surface area is 107 Å². The van der Waals surface area contributed by atoms with E-state index in [4.69, 9.17) is 5.73 Å². The molecule has 1 aromatic carbocycles. The summed E-state index contributed by atoms with van der Waals surface area (Å²) in [6.07, 6.45) is 5.57. The van der Waals surface area contributed by atoms with Gasteiger partial charge in [-0.3, -0.25) is 0 Å². The summed E-state index contributed by atoms with van der Waals surface area (Å²) in [5, 5.41) is 0. The number of hydrogen-bond acceptors (Lipinski definition) is 4. The molecule has 1 aromatic heterocycles. The molecule has 0 atom stereocenters. The van der Waals surface area contributed by atoms with E-state index in [9.17, 15) is 0 Å². The van der Waals surface area contributed by atoms with Crippen molar-refractivity contribution in [1.29, 1.82) is 0 Å². The highest BCUT2D eigenvalue weighted by Gasteiger charge is 2.09. The lowest BCUT2D eigenvalue weighted by atomic mass is 10.2. The zero-order chi connectivity index (χ0) is 12.8. The van der Waals surface area contributed by atoms with Crippen LogP contribution in [0.15, 0.2) is 42.7 Å². The van der Waals surface area contributed by atoms with E-state index in [0.29, 0.717) is 5.82 Å². The first-order chi connectivity index (χ1) is 8.81. The Hall–Kier alpha value is -2.10. The second-order valence-electron chi connectivity index (χ2n) is 4.14. The predicted octanol–water partition coefficient (Wildman–Crippen LogP) is 3.00. The molecule has 2 aromatic rings. The SMILES string of the molecule is CCCCN(c1ccccc1)c1cnc(N)cn1. The number of nitrogens with zero attached hydrogens (tertiary/aromatic N) is 3. The zero-order valence-electron chi connectivity index (χ0n) is 10.6. The van der Waals surface area contributed by atoms with Crippen LogP contribution in [-0.4, -0.2) is 16.5 Å². The van der Waals surface area contributed by atoms with Crippen LogP contribution in [-0.2, 0) is 0 Å². The van der Waals surface area contributed by atoms with Gasteiger partial charge < -0.3 is 10.6 Å². The number of aromatic nitrogens is 2. The molecule has 1 heterocycles. The van der Waals surface area contributed by atoms with Gasteiger partial charge in [0.1, 0.15) is 5.82 Å². The van der Waals surface area contributed by atoms with Crippen molar-refractivity contribution in [3.05, 3.63) is 42.7 Å². The van der Waals surface area contributed by atoms with E-state index >= 15 is 0 Å². The van der Waals surface area contributed by atoms with E-state index in [0.717, 1.165) is 30.9 Å². The summed E-state index contributed by atoms with van der Waals surface area (Å²) < 4.78 is 0. The number of rotatable bonds is 5. The molecule has 94 valence electrons. The van der Waals surface area contributed by atoms with Gasteiger partial charge in [0.05, 0.1) is 12.4 Å². The van der Waals surface area contributed by atoms with Crippen molar-refractivity contribution < 1.29 is 0 Å². The average Bonchev–Trinajstić information content (AvgIpc) is 2.42. The molecule has 0 aliphatic rings. The van der Waals surface area contributed by atoms with Crippen LogP contribution >= 0.6 is 0 Å². The van der Waals surface area contributed by atoms with Crippen LogP contribution < -0.4 is 10.6 Å². The van der Waals surface area contributed by atoms with Crippen molar-refractivity contribution in [2.75, 3.05) is 17.2 Å². The normalized spacial score (nSPS) is 10.3. The summed E-state index contributed by atoms with van der Waals surface area (Å²) in [7, 11) is 0. The number of nitrogen functional groups attached to an aromatic ring is 1. The summed E-state index contributed by atoms with van der Waals surface area (Å²) in [5.41, 5.74) is 6.70. The molecule has 18 heavy (non-hydrogen) atoms. The Morgan fingerprint density at radius 2 is 1.89 bits per heavy atom. The first-order valence-electron chi connectivity index (χ1n) is 6.21. The number of anilines is 3. The molecule has 0 spiro atoms. The van der Waals surface area contributed by atoms with Gasteiger partial charge in [0.15, 0.2) is 5.82 Å². The fraction of sp³-hybridized carbons (Fsp3) is 0.286. The predicted molar refractivity (Wildman–Crippen MR) is 74.8 cm³/mol. The second kappa shape index (κ2) is 6.00. The molecule has 0 aliphatic heterocycles. The van der Waals surface area contributed by atoms with Gasteiger partial charge in [0.2, 0.25) is 0 Å². The van der Waals surface area contributed by atoms with Crippen LogP contribution in [0.2, 0.25) is 0 Å². The minimum absolute atomic E-state index is 0.447. The second-order valence-corrected chi connectivity index (χ2v) is 4.14. The highest BCUT2D eigenvalue weighted by atomic mass is 15.2. The number of benzene rings is 1. The van der Waals surface area contributed by atoms with Gasteiger partial charge in [0.25, 0.3) is 0 Å². The molecule has 0 aliphatic carbocycles. The molecular weight excluding hydrogens is 224 g/mol. The van der Waals surface area contributed by atoms with Crippen LogP contribution in [0.3, 0.4) is 0 Å². The third-order valence-electron chi connectivity index (χ3n) is 2.74. The van der Waals surface area contributed by atoms with Crippen LogP contribution in [0.1, 0.15) is 19.8 Å². The highest BCUT2D eigenvalue weighted by molar-refractivity contribution is 5.59. The zero-order valence-corrected chi connectivity index (χ0v) is 10.6. The molecule has 0 saturated carbocycles. The number of hydrogen-bond donors (Lipinski definition) is 1. The van der Waals surface area contributed by atoms with Gasteiger partial charge in [-0.1, -0.05) is 31.5 Å². The van der Waals surface area contributed by atoms with Crippen molar-refractivity contribution in [3.63, 3.8) is 0 Å². The number of para-hydroxylation sites is 1. The molecule has 0 bridgehead atoms. The lowest BCUT2D eigenvalue weighted by Crippen LogP contribution is -2.19. The quantitative estimate of drug-likeness (QED) is 0.875. The van der Waals surface area contributed by atoms with E-state index in [-0.39, 0.29) is 0 Å². The monoisotopic (exact) mass is 242 g/mol. The molecule has 2 N–H and O–H groups in total. The maximum Gasteiger partial charge on any atom is 0.151 e. The Balaban J connectivity index is 2.27. The lowest BCUT2D eigenvalue weighted by Gasteiger charge is -2.23. The molecular formula is C14H18N4. The van der Waals surface area contributed by atoms with E-state index in [1.807, 2.05) is 18.2 Å². The first kappa shape index (κ1) is 12.4. The highest BCUT2D eigenvalue weighted by Crippen LogP contribution is 2.23. The summed E-state index contributed by atoms with van der Waals surface area (Å²) in [5.74, 6) is 1.28. The minimum Gasteiger partial charge on any atom is -0.382 e. The summed E-state index contributed by atoms with van der Waals surface area (Å²) in [4.78, 5) is 10.6. The van der Waals surface area contributed by atoms with Crippen LogP contribution in [0.25, 0.3) is 0 Å². The van der Waals surface area contributed by atoms with Crippen LogP contribution in [0, 0.1) is 0 Å². The van der Waals surface area contributed by atoms with Gasteiger partial charge in [-0.15, -0.1) is 0 Å². The Bertz CT molecular complexity index is 467. The van der Waals surface area contributed by atoms with Crippen molar-refractivity contribution in [2.45, 2.75) is 19.8 Å². The van der Waals surface area contributed by atoms with E-state index in [1.165, 1.54) is 0 Å². The number of nitrogens with two attached hydrogens (primary N) is 1. The van der Waals surface area contributed by atoms with Crippen LogP contribution in [0.5, 0.6) is 0 Å². The maximum absolute atomic E-state index is 5.57. The van der Waals surface area contributed by atoms with Crippen LogP contribution in [0.4, 0.5) is 17.3 Å². The Morgan fingerprint density at radius 1 is 1.11 bits per heavy atom. The van der Waals surface area contributed by atoms with Crippen molar-refractivity contribution >= 4 is 17.3 Å². The molecule has 0 unspecified atom stereocenters. The van der Waals surface area contributed by atoms with Crippen molar-refractivity contribution in [3.8, 4) is 0 Å². The van der Waals surface area contributed by atoms with Gasteiger partial charge in [-0.05, 0) is 18.6 Å². The summed E-state index contributed by atoms with van der Waals surface area (Å²) >= 11 is 0. The fourth-order valence-electron chi connectivity index (χ4n) is 1.77. The van der Waals surface area contributed by atoms with Crippen molar-refractivity contribution in [2.24, 2.45) is 0 Å². The molecule has 2 rings (SSSR count). The molecule has 0 radical (unpaired) electrons. The van der Waals surface area contributed by atoms with Crippen molar-refractivity contribution in [1.82, 2.24) is 9.97 Å². The van der Waals surface area contributed by atoms with Gasteiger partial charge in [-0.2, -0.15) is 0 Å². The summed E-state index contributed by atoms with van der Waals surface area (Å²) in [6, 6.07) is 10.2. The molecule has 0 fully saturated rings. The molecule has 4 nitrogen and oxygen atoms in total. The Kier molecular flexibility index (Phi) is 4.12. The topological polar surface area (TPSA) is 55.0 Å². The first-order valence-corrected chi connectivity index (χ1v) is 6.21. The van der Waals surface area contributed by atoms with E-state index in [2.05, 4.69) is 33.9 Å². The van der Waals surface area contributed by atoms with Gasteiger partial charge in [0, 0.05) is 12.2 Å². The molecule has 0 amide bonds. The molecule has 4 heteroatoms. The summed E-state index contributed by atoms with van der Waals surface area (Å²) in [6.45, 7) is 3.11. The standard InChI is InChI=1S/C14H18N4/c1-2-3-9-18(12-7-5-4-6-8-12)14-11-16-13(15)10-17-14/h4-8,10-11H,2-3,9H2,1H3,(H2,15,16). The largest absolute Gasteiger partial charge is 0.382 e. The Morgan fingerprint density at radius 3 is 2.50 bits per heavy atom. The molecule has 0 saturated heterocycles. The maximum atomic E-state index is 5.57. The third kappa shape index (κ3) is 2.97. The third-order valence-corrected chi connectivity index (χ3v) is 2.74. The smallest absolute Gasteiger partial charge is 0.151 e. The van der Waals surface area contributed by atoms with Gasteiger partial charge >= 0.3 is 0 Å². The van der Waals surface area contributed by atoms with Gasteiger partial charge in [-0.25, -0.2) is 9.97 Å². The minimum atomic E-state index is 0.447. The fourth-order valence-corrected chi connectivity index (χ4v) is 1.77.